The fourth-order valence-corrected chi connectivity index (χ4v) is 4.35. The summed E-state index contributed by atoms with van der Waals surface area (Å²) >= 11 is 12.0. The van der Waals surface area contributed by atoms with Crippen molar-refractivity contribution in [3.8, 4) is 0 Å². The quantitative estimate of drug-likeness (QED) is 0.747. The number of rotatable bonds is 7. The summed E-state index contributed by atoms with van der Waals surface area (Å²) in [6.45, 7) is 3.40. The van der Waals surface area contributed by atoms with E-state index in [1.165, 1.54) is 4.31 Å². The van der Waals surface area contributed by atoms with Crippen LogP contribution >= 0.6 is 23.2 Å². The van der Waals surface area contributed by atoms with E-state index in [9.17, 15) is 13.2 Å². The molecular weight excluding hydrogens is 387 g/mol. The Bertz CT molecular complexity index is 706. The Kier molecular flexibility index (Phi) is 7.51. The van der Waals surface area contributed by atoms with Gasteiger partial charge in [0.15, 0.2) is 0 Å². The van der Waals surface area contributed by atoms with Crippen LogP contribution < -0.4 is 5.32 Å². The lowest BCUT2D eigenvalue weighted by atomic mass is 10.0. The SMILES string of the molecule is CC(Cc1ccc(Cl)cc1Cl)C(=O)NCCS(=O)(=O)N1CCOCC1. The van der Waals surface area contributed by atoms with E-state index >= 15 is 0 Å². The lowest BCUT2D eigenvalue weighted by Crippen LogP contribution is -2.44. The minimum absolute atomic E-state index is 0.0806. The van der Waals surface area contributed by atoms with Crippen molar-refractivity contribution in [2.75, 3.05) is 38.6 Å². The summed E-state index contributed by atoms with van der Waals surface area (Å²) in [5.41, 5.74) is 0.828. The number of morpholine rings is 1. The van der Waals surface area contributed by atoms with Crippen molar-refractivity contribution in [1.29, 1.82) is 0 Å². The predicted octanol–water partition coefficient (Wildman–Crippen LogP) is 1.95. The Labute approximate surface area is 158 Å². The lowest BCUT2D eigenvalue weighted by molar-refractivity contribution is -0.124. The van der Waals surface area contributed by atoms with Crippen LogP contribution in [0.4, 0.5) is 0 Å². The summed E-state index contributed by atoms with van der Waals surface area (Å²) in [6, 6.07) is 5.15. The summed E-state index contributed by atoms with van der Waals surface area (Å²) in [6.07, 6.45) is 0.456. The maximum Gasteiger partial charge on any atom is 0.223 e. The Morgan fingerprint density at radius 3 is 2.64 bits per heavy atom. The van der Waals surface area contributed by atoms with E-state index in [-0.39, 0.29) is 24.1 Å². The molecule has 9 heteroatoms. The molecule has 140 valence electrons. The summed E-state index contributed by atoms with van der Waals surface area (Å²) < 4.78 is 30.9. The monoisotopic (exact) mass is 408 g/mol. The van der Waals surface area contributed by atoms with Gasteiger partial charge in [-0.2, -0.15) is 4.31 Å². The lowest BCUT2D eigenvalue weighted by Gasteiger charge is -2.26. The van der Waals surface area contributed by atoms with Gasteiger partial charge in [0.2, 0.25) is 15.9 Å². The first kappa shape index (κ1) is 20.5. The van der Waals surface area contributed by atoms with E-state index in [1.807, 2.05) is 0 Å². The molecule has 25 heavy (non-hydrogen) atoms. The van der Waals surface area contributed by atoms with Gasteiger partial charge in [0, 0.05) is 35.6 Å². The second-order valence-corrected chi connectivity index (χ2v) is 8.89. The molecule has 1 saturated heterocycles. The molecule has 1 unspecified atom stereocenters. The van der Waals surface area contributed by atoms with E-state index < -0.39 is 10.0 Å². The largest absolute Gasteiger partial charge is 0.379 e. The summed E-state index contributed by atoms with van der Waals surface area (Å²) in [7, 11) is -3.37. The number of hydrogen-bond donors (Lipinski definition) is 1. The first-order chi connectivity index (χ1) is 11.8. The van der Waals surface area contributed by atoms with Gasteiger partial charge in [0.25, 0.3) is 0 Å². The Hall–Kier alpha value is -0.860. The zero-order chi connectivity index (χ0) is 18.4. The number of nitrogens with one attached hydrogen (secondary N) is 1. The molecule has 1 fully saturated rings. The second-order valence-electron chi connectivity index (χ2n) is 5.96. The van der Waals surface area contributed by atoms with Crippen LogP contribution in [0, 0.1) is 5.92 Å². The zero-order valence-corrected chi connectivity index (χ0v) is 16.3. The maximum absolute atomic E-state index is 12.2. The summed E-state index contributed by atoms with van der Waals surface area (Å²) in [4.78, 5) is 12.2. The molecule has 0 bridgehead atoms. The highest BCUT2D eigenvalue weighted by Crippen LogP contribution is 2.23. The number of benzene rings is 1. The first-order valence-electron chi connectivity index (χ1n) is 8.07. The zero-order valence-electron chi connectivity index (χ0n) is 14.0. The van der Waals surface area contributed by atoms with Gasteiger partial charge in [-0.15, -0.1) is 0 Å². The highest BCUT2D eigenvalue weighted by molar-refractivity contribution is 7.89. The van der Waals surface area contributed by atoms with Crippen LogP contribution in [0.5, 0.6) is 0 Å². The number of halogens is 2. The van der Waals surface area contributed by atoms with Crippen molar-refractivity contribution in [3.63, 3.8) is 0 Å². The van der Waals surface area contributed by atoms with E-state index in [2.05, 4.69) is 5.32 Å². The van der Waals surface area contributed by atoms with Crippen LogP contribution in [0.15, 0.2) is 18.2 Å². The maximum atomic E-state index is 12.2. The van der Waals surface area contributed by atoms with E-state index in [0.29, 0.717) is 42.8 Å². The van der Waals surface area contributed by atoms with Crippen LogP contribution in [-0.4, -0.2) is 57.2 Å². The average Bonchev–Trinajstić information content (AvgIpc) is 2.58. The summed E-state index contributed by atoms with van der Waals surface area (Å²) in [5, 5.41) is 3.74. The number of amides is 1. The van der Waals surface area contributed by atoms with Crippen LogP contribution in [0.3, 0.4) is 0 Å². The van der Waals surface area contributed by atoms with E-state index in [4.69, 9.17) is 27.9 Å². The molecule has 1 N–H and O–H groups in total. The molecule has 1 amide bonds. The van der Waals surface area contributed by atoms with Crippen molar-refractivity contribution >= 4 is 39.1 Å². The number of carbonyl (C=O) groups excluding carboxylic acids is 1. The molecule has 1 aromatic rings. The number of hydrogen-bond acceptors (Lipinski definition) is 4. The average molecular weight is 409 g/mol. The highest BCUT2D eigenvalue weighted by atomic mass is 35.5. The molecule has 1 atom stereocenters. The highest BCUT2D eigenvalue weighted by Gasteiger charge is 2.24. The molecule has 2 rings (SSSR count). The van der Waals surface area contributed by atoms with Gasteiger partial charge in [0.05, 0.1) is 19.0 Å². The second kappa shape index (κ2) is 9.19. The third-order valence-corrected chi connectivity index (χ3v) is 6.47. The molecule has 1 heterocycles. The Morgan fingerprint density at radius 2 is 2.00 bits per heavy atom. The van der Waals surface area contributed by atoms with Gasteiger partial charge >= 0.3 is 0 Å². The Morgan fingerprint density at radius 1 is 1.32 bits per heavy atom. The predicted molar refractivity (Wildman–Crippen MR) is 98.5 cm³/mol. The number of ether oxygens (including phenoxy) is 1. The van der Waals surface area contributed by atoms with Gasteiger partial charge in [-0.3, -0.25) is 4.79 Å². The number of sulfonamides is 1. The molecule has 0 saturated carbocycles. The van der Waals surface area contributed by atoms with Gasteiger partial charge in [0.1, 0.15) is 0 Å². The van der Waals surface area contributed by atoms with Crippen LogP contribution in [0.2, 0.25) is 10.0 Å². The third-order valence-electron chi connectivity index (χ3n) is 4.01. The van der Waals surface area contributed by atoms with Crippen LogP contribution in [0.25, 0.3) is 0 Å². The van der Waals surface area contributed by atoms with Gasteiger partial charge in [-0.1, -0.05) is 36.2 Å². The Balaban J connectivity index is 1.81. The van der Waals surface area contributed by atoms with Crippen molar-refractivity contribution in [1.82, 2.24) is 9.62 Å². The van der Waals surface area contributed by atoms with E-state index in [0.717, 1.165) is 5.56 Å². The van der Waals surface area contributed by atoms with Crippen molar-refractivity contribution in [2.45, 2.75) is 13.3 Å². The smallest absolute Gasteiger partial charge is 0.223 e. The molecule has 0 spiro atoms. The fourth-order valence-electron chi connectivity index (χ4n) is 2.54. The van der Waals surface area contributed by atoms with Crippen LogP contribution in [0.1, 0.15) is 12.5 Å². The normalized spacial score (nSPS) is 17.2. The van der Waals surface area contributed by atoms with Crippen molar-refractivity contribution in [2.24, 2.45) is 5.92 Å². The molecule has 0 radical (unpaired) electrons. The van der Waals surface area contributed by atoms with Gasteiger partial charge < -0.3 is 10.1 Å². The standard InChI is InChI=1S/C16H22Cl2N2O4S/c1-12(10-13-2-3-14(17)11-15(13)18)16(21)19-4-9-25(22,23)20-5-7-24-8-6-20/h2-3,11-12H,4-10H2,1H3,(H,19,21). The third kappa shape index (κ3) is 6.11. The van der Waals surface area contributed by atoms with Crippen molar-refractivity contribution < 1.29 is 17.9 Å². The fraction of sp³-hybridized carbons (Fsp3) is 0.562. The van der Waals surface area contributed by atoms with Crippen molar-refractivity contribution in [3.05, 3.63) is 33.8 Å². The van der Waals surface area contributed by atoms with Gasteiger partial charge in [-0.25, -0.2) is 8.42 Å². The van der Waals surface area contributed by atoms with Crippen LogP contribution in [-0.2, 0) is 26.0 Å². The minimum Gasteiger partial charge on any atom is -0.379 e. The molecule has 1 aliphatic rings. The van der Waals surface area contributed by atoms with Gasteiger partial charge in [-0.05, 0) is 24.1 Å². The topological polar surface area (TPSA) is 75.7 Å². The molecule has 0 aromatic heterocycles. The molecule has 6 nitrogen and oxygen atoms in total. The van der Waals surface area contributed by atoms with E-state index in [1.54, 1.807) is 25.1 Å². The first-order valence-corrected chi connectivity index (χ1v) is 10.4. The minimum atomic E-state index is -3.37. The molecule has 1 aromatic carbocycles. The number of carbonyl (C=O) groups is 1. The summed E-state index contributed by atoms with van der Waals surface area (Å²) in [5.74, 6) is -0.652. The number of nitrogens with zero attached hydrogens (tertiary/aromatic N) is 1. The molecule has 0 aliphatic carbocycles. The molecular formula is C16H22Cl2N2O4S. The molecule has 1 aliphatic heterocycles.